The maximum absolute atomic E-state index is 11.6. The molecule has 0 aromatic heterocycles. The molecule has 2 aromatic carbocycles. The summed E-state index contributed by atoms with van der Waals surface area (Å²) in [5.41, 5.74) is 1.85. The summed E-state index contributed by atoms with van der Waals surface area (Å²) < 4.78 is 0. The predicted molar refractivity (Wildman–Crippen MR) is 99.7 cm³/mol. The van der Waals surface area contributed by atoms with Gasteiger partial charge in [0.05, 0.1) is 5.60 Å². The Hall–Kier alpha value is -1.64. The molecule has 0 bridgehead atoms. The van der Waals surface area contributed by atoms with Crippen LogP contribution in [0.25, 0.3) is 0 Å². The van der Waals surface area contributed by atoms with Crippen molar-refractivity contribution < 1.29 is 5.11 Å². The maximum Gasteiger partial charge on any atom is 0.0734 e. The molecule has 0 saturated carbocycles. The molecule has 3 rings (SSSR count). The van der Waals surface area contributed by atoms with Crippen molar-refractivity contribution in [1.29, 1.82) is 0 Å². The molecule has 2 heteroatoms. The average Bonchev–Trinajstić information content (AvgIpc) is 2.62. The molecule has 24 heavy (non-hydrogen) atoms. The molecular weight excluding hydrogens is 294 g/mol. The third kappa shape index (κ3) is 3.01. The highest BCUT2D eigenvalue weighted by atomic mass is 16.3. The van der Waals surface area contributed by atoms with Crippen LogP contribution in [0.15, 0.2) is 60.7 Å². The molecule has 2 aromatic rings. The molecule has 1 fully saturated rings. The number of hydrogen-bond acceptors (Lipinski definition) is 2. The molecule has 2 N–H and O–H groups in total. The quantitative estimate of drug-likeness (QED) is 0.841. The number of hydrogen-bond donors (Lipinski definition) is 2. The predicted octanol–water partition coefficient (Wildman–Crippen LogP) is 4.88. The molecule has 128 valence electrons. The first-order chi connectivity index (χ1) is 11.6. The van der Waals surface area contributed by atoms with Crippen molar-refractivity contribution in [2.75, 3.05) is 0 Å². The van der Waals surface area contributed by atoms with E-state index in [1.807, 2.05) is 12.1 Å². The number of piperidine rings is 1. The summed E-state index contributed by atoms with van der Waals surface area (Å²) in [6.07, 6.45) is 1.83. The van der Waals surface area contributed by atoms with Crippen LogP contribution in [0.3, 0.4) is 0 Å². The molecule has 0 radical (unpaired) electrons. The van der Waals surface area contributed by atoms with Gasteiger partial charge in [0.1, 0.15) is 0 Å². The Morgan fingerprint density at radius 2 is 1.25 bits per heavy atom. The molecule has 0 aliphatic carbocycles. The molecule has 2 nitrogen and oxygen atoms in total. The number of benzene rings is 2. The smallest absolute Gasteiger partial charge is 0.0734 e. The van der Waals surface area contributed by atoms with Crippen LogP contribution in [0.4, 0.5) is 0 Å². The van der Waals surface area contributed by atoms with Gasteiger partial charge in [0.2, 0.25) is 0 Å². The topological polar surface area (TPSA) is 32.3 Å². The molecule has 0 amide bonds. The van der Waals surface area contributed by atoms with E-state index in [-0.39, 0.29) is 23.9 Å². The Morgan fingerprint density at radius 3 is 1.62 bits per heavy atom. The van der Waals surface area contributed by atoms with Crippen molar-refractivity contribution in [3.63, 3.8) is 0 Å². The van der Waals surface area contributed by atoms with E-state index in [0.717, 1.165) is 12.8 Å². The normalized spacial score (nSPS) is 33.3. The molecule has 0 spiro atoms. The van der Waals surface area contributed by atoms with Crippen molar-refractivity contribution in [1.82, 2.24) is 5.32 Å². The fourth-order valence-corrected chi connectivity index (χ4v) is 4.42. The van der Waals surface area contributed by atoms with Crippen LogP contribution in [0.2, 0.25) is 0 Å². The van der Waals surface area contributed by atoms with Crippen LogP contribution in [-0.2, 0) is 0 Å². The standard InChI is InChI=1S/C22H29NO/c1-4-15-22(24)16(2)20(18-11-7-5-8-12-18)23-21(17(22)3)19-13-9-6-10-14-19/h5-14,16-17,20-21,23-24H,4,15H2,1-3H3/t16-,17+,20-,21-,22?/m1/s1. The Balaban J connectivity index is 2.02. The summed E-state index contributed by atoms with van der Waals surface area (Å²) in [6.45, 7) is 6.55. The maximum atomic E-state index is 11.6. The monoisotopic (exact) mass is 323 g/mol. The third-order valence-corrected chi connectivity index (χ3v) is 5.90. The highest BCUT2D eigenvalue weighted by molar-refractivity contribution is 5.27. The Bertz CT molecular complexity index is 588. The summed E-state index contributed by atoms with van der Waals surface area (Å²) in [5.74, 6) is 0.324. The van der Waals surface area contributed by atoms with Gasteiger partial charge in [-0.1, -0.05) is 87.9 Å². The van der Waals surface area contributed by atoms with Gasteiger partial charge >= 0.3 is 0 Å². The van der Waals surface area contributed by atoms with E-state index in [1.165, 1.54) is 11.1 Å². The van der Waals surface area contributed by atoms with E-state index < -0.39 is 5.60 Å². The lowest BCUT2D eigenvalue weighted by Gasteiger charge is -2.52. The van der Waals surface area contributed by atoms with Crippen molar-refractivity contribution in [2.45, 2.75) is 51.3 Å². The number of rotatable bonds is 4. The van der Waals surface area contributed by atoms with Gasteiger partial charge in [0.25, 0.3) is 0 Å². The minimum absolute atomic E-state index is 0.157. The lowest BCUT2D eigenvalue weighted by molar-refractivity contribution is -0.116. The first kappa shape index (κ1) is 17.2. The van der Waals surface area contributed by atoms with Crippen LogP contribution >= 0.6 is 0 Å². The minimum Gasteiger partial charge on any atom is -0.389 e. The van der Waals surface area contributed by atoms with Gasteiger partial charge in [-0.2, -0.15) is 0 Å². The molecule has 1 aliphatic rings. The van der Waals surface area contributed by atoms with Gasteiger partial charge in [0, 0.05) is 23.9 Å². The van der Waals surface area contributed by atoms with E-state index in [4.69, 9.17) is 0 Å². The summed E-state index contributed by atoms with van der Waals surface area (Å²) in [7, 11) is 0. The van der Waals surface area contributed by atoms with Crippen LogP contribution in [0.5, 0.6) is 0 Å². The Labute approximate surface area is 145 Å². The fraction of sp³-hybridized carbons (Fsp3) is 0.455. The molecule has 5 atom stereocenters. The first-order valence-corrected chi connectivity index (χ1v) is 9.16. The van der Waals surface area contributed by atoms with Crippen LogP contribution in [0.1, 0.15) is 56.8 Å². The third-order valence-electron chi connectivity index (χ3n) is 5.90. The van der Waals surface area contributed by atoms with Gasteiger partial charge in [-0.25, -0.2) is 0 Å². The molecule has 1 saturated heterocycles. The fourth-order valence-electron chi connectivity index (χ4n) is 4.42. The minimum atomic E-state index is -0.666. The van der Waals surface area contributed by atoms with Crippen molar-refractivity contribution >= 4 is 0 Å². The summed E-state index contributed by atoms with van der Waals surface area (Å²) in [4.78, 5) is 0. The van der Waals surface area contributed by atoms with Gasteiger partial charge in [-0.15, -0.1) is 0 Å². The SMILES string of the molecule is CCCC1(O)[C@H](C)[C@H](c2ccccc2)N[C@@H](c2ccccc2)[C@@H]1C. The van der Waals surface area contributed by atoms with Crippen molar-refractivity contribution in [3.05, 3.63) is 71.8 Å². The van der Waals surface area contributed by atoms with E-state index in [0.29, 0.717) is 0 Å². The van der Waals surface area contributed by atoms with E-state index in [2.05, 4.69) is 74.6 Å². The van der Waals surface area contributed by atoms with Gasteiger partial charge in [0.15, 0.2) is 0 Å². The van der Waals surface area contributed by atoms with E-state index >= 15 is 0 Å². The lowest BCUT2D eigenvalue weighted by Crippen LogP contribution is -2.57. The summed E-state index contributed by atoms with van der Waals surface area (Å²) >= 11 is 0. The van der Waals surface area contributed by atoms with Gasteiger partial charge in [-0.3, -0.25) is 0 Å². The zero-order valence-corrected chi connectivity index (χ0v) is 14.9. The van der Waals surface area contributed by atoms with Gasteiger partial charge in [-0.05, 0) is 17.5 Å². The summed E-state index contributed by atoms with van der Waals surface area (Å²) in [6, 6.07) is 21.4. The average molecular weight is 323 g/mol. The van der Waals surface area contributed by atoms with Crippen LogP contribution in [-0.4, -0.2) is 10.7 Å². The zero-order valence-electron chi connectivity index (χ0n) is 14.9. The zero-order chi connectivity index (χ0) is 17.2. The second kappa shape index (κ2) is 7.08. The van der Waals surface area contributed by atoms with Gasteiger partial charge < -0.3 is 10.4 Å². The van der Waals surface area contributed by atoms with Crippen LogP contribution in [0, 0.1) is 11.8 Å². The molecule has 1 unspecified atom stereocenters. The molecule has 1 aliphatic heterocycles. The Morgan fingerprint density at radius 1 is 0.833 bits per heavy atom. The van der Waals surface area contributed by atoms with Crippen molar-refractivity contribution in [3.8, 4) is 0 Å². The van der Waals surface area contributed by atoms with E-state index in [1.54, 1.807) is 0 Å². The Kier molecular flexibility index (Phi) is 5.07. The van der Waals surface area contributed by atoms with Crippen molar-refractivity contribution in [2.24, 2.45) is 11.8 Å². The highest BCUT2D eigenvalue weighted by Crippen LogP contribution is 2.48. The first-order valence-electron chi connectivity index (χ1n) is 9.16. The number of nitrogens with one attached hydrogen (secondary N) is 1. The molecular formula is C22H29NO. The number of aliphatic hydroxyl groups is 1. The van der Waals surface area contributed by atoms with E-state index in [9.17, 15) is 5.11 Å². The largest absolute Gasteiger partial charge is 0.389 e. The van der Waals surface area contributed by atoms with Crippen LogP contribution < -0.4 is 5.32 Å². The second-order valence-corrected chi connectivity index (χ2v) is 7.26. The lowest BCUT2D eigenvalue weighted by atomic mass is 9.64. The second-order valence-electron chi connectivity index (χ2n) is 7.26. The summed E-state index contributed by atoms with van der Waals surface area (Å²) in [5, 5.41) is 15.5. The highest BCUT2D eigenvalue weighted by Gasteiger charge is 2.50. The molecule has 1 heterocycles.